The first kappa shape index (κ1) is 13.4. The molecule has 0 aromatic heterocycles. The van der Waals surface area contributed by atoms with E-state index in [1.807, 2.05) is 0 Å². The van der Waals surface area contributed by atoms with E-state index in [0.29, 0.717) is 10.6 Å². The number of hydrogen-bond acceptors (Lipinski definition) is 0. The van der Waals surface area contributed by atoms with Crippen LogP contribution in [0.15, 0.2) is 0 Å². The molecule has 0 aromatic carbocycles. The molecular weight excluding hydrogens is 175 g/mol. The summed E-state index contributed by atoms with van der Waals surface area (Å²) >= 11 is 0. The maximum absolute atomic E-state index is 2.52. The van der Waals surface area contributed by atoms with Gasteiger partial charge < -0.3 is 0 Å². The van der Waals surface area contributed by atoms with Crippen LogP contribution < -0.4 is 0 Å². The summed E-state index contributed by atoms with van der Waals surface area (Å²) in [5.74, 6) is 0. The highest BCUT2D eigenvalue weighted by Crippen LogP contribution is 2.66. The van der Waals surface area contributed by atoms with Crippen LogP contribution in [-0.4, -0.2) is 24.6 Å². The quantitative estimate of drug-likeness (QED) is 0.592. The maximum atomic E-state index is 2.52. The average molecular weight is 203 g/mol. The van der Waals surface area contributed by atoms with Crippen LogP contribution in [0.5, 0.6) is 0 Å². The van der Waals surface area contributed by atoms with E-state index in [9.17, 15) is 0 Å². The second-order valence-electron chi connectivity index (χ2n) is 6.57. The molecule has 0 amide bonds. The van der Waals surface area contributed by atoms with Crippen LogP contribution in [-0.2, 0) is 0 Å². The largest absolute Gasteiger partial charge is 0.0735 e. The molecule has 13 heavy (non-hydrogen) atoms. The standard InChI is InChI=1S/C12H28P/c1-9-12(5,6)13(7,8)10-11(2,3)4/h9-10H2,1-8H3/q+1. The Kier molecular flexibility index (Phi) is 4.02. The van der Waals surface area contributed by atoms with Gasteiger partial charge in [0.15, 0.2) is 0 Å². The summed E-state index contributed by atoms with van der Waals surface area (Å²) in [6, 6.07) is 0. The molecule has 0 saturated heterocycles. The van der Waals surface area contributed by atoms with E-state index in [4.69, 9.17) is 0 Å². The Bertz CT molecular complexity index is 160. The van der Waals surface area contributed by atoms with Gasteiger partial charge >= 0.3 is 0 Å². The van der Waals surface area contributed by atoms with Crippen molar-refractivity contribution in [2.45, 2.75) is 53.1 Å². The van der Waals surface area contributed by atoms with E-state index < -0.39 is 7.26 Å². The molecule has 0 fully saturated rings. The van der Waals surface area contributed by atoms with Crippen molar-refractivity contribution in [2.24, 2.45) is 5.41 Å². The lowest BCUT2D eigenvalue weighted by molar-refractivity contribution is 0.469. The Balaban J connectivity index is 4.58. The molecule has 0 aromatic rings. The van der Waals surface area contributed by atoms with E-state index in [0.717, 1.165) is 0 Å². The number of rotatable bonds is 3. The fourth-order valence-corrected chi connectivity index (χ4v) is 5.48. The van der Waals surface area contributed by atoms with Crippen LogP contribution in [0.2, 0.25) is 0 Å². The van der Waals surface area contributed by atoms with Gasteiger partial charge in [0, 0.05) is 20.6 Å². The topological polar surface area (TPSA) is 0 Å². The predicted molar refractivity (Wildman–Crippen MR) is 67.5 cm³/mol. The molecule has 0 saturated carbocycles. The minimum Gasteiger partial charge on any atom is -0.0614 e. The summed E-state index contributed by atoms with van der Waals surface area (Å²) in [6.07, 6.45) is 2.71. The van der Waals surface area contributed by atoms with Crippen LogP contribution in [0.4, 0.5) is 0 Å². The minimum atomic E-state index is -0.767. The SMILES string of the molecule is CCC(C)(C)[P+](C)(C)CC(C)(C)C. The molecule has 0 nitrogen and oxygen atoms in total. The molecule has 0 heterocycles. The van der Waals surface area contributed by atoms with Gasteiger partial charge in [-0.25, -0.2) is 0 Å². The zero-order valence-electron chi connectivity index (χ0n) is 10.9. The van der Waals surface area contributed by atoms with Crippen molar-refractivity contribution in [3.05, 3.63) is 0 Å². The van der Waals surface area contributed by atoms with Crippen molar-refractivity contribution in [1.29, 1.82) is 0 Å². The van der Waals surface area contributed by atoms with E-state index in [-0.39, 0.29) is 0 Å². The second-order valence-corrected chi connectivity index (χ2v) is 11.5. The molecule has 0 unspecified atom stereocenters. The van der Waals surface area contributed by atoms with Gasteiger partial charge in [-0.2, -0.15) is 0 Å². The highest BCUT2D eigenvalue weighted by molar-refractivity contribution is 7.75. The zero-order chi connectivity index (χ0) is 10.9. The van der Waals surface area contributed by atoms with E-state index >= 15 is 0 Å². The minimum absolute atomic E-state index is 0.490. The predicted octanol–water partition coefficient (Wildman–Crippen LogP) is 4.50. The third-order valence-electron chi connectivity index (χ3n) is 3.37. The molecule has 0 N–H and O–H groups in total. The van der Waals surface area contributed by atoms with Gasteiger partial charge in [0.25, 0.3) is 0 Å². The normalized spacial score (nSPS) is 14.8. The Labute approximate surface area is 85.8 Å². The monoisotopic (exact) mass is 203 g/mol. The zero-order valence-corrected chi connectivity index (χ0v) is 11.8. The Hall–Kier alpha value is 0.430. The van der Waals surface area contributed by atoms with Crippen molar-refractivity contribution < 1.29 is 0 Å². The van der Waals surface area contributed by atoms with Crippen molar-refractivity contribution in [3.8, 4) is 0 Å². The first-order chi connectivity index (χ1) is 5.52. The lowest BCUT2D eigenvalue weighted by Gasteiger charge is -2.38. The van der Waals surface area contributed by atoms with Gasteiger partial charge in [-0.3, -0.25) is 0 Å². The molecule has 80 valence electrons. The fourth-order valence-electron chi connectivity index (χ4n) is 1.83. The molecule has 0 atom stereocenters. The molecular formula is C12H28P+. The highest BCUT2D eigenvalue weighted by Gasteiger charge is 2.44. The first-order valence-corrected chi connectivity index (χ1v) is 8.22. The van der Waals surface area contributed by atoms with Gasteiger partial charge in [-0.15, -0.1) is 0 Å². The van der Waals surface area contributed by atoms with Crippen molar-refractivity contribution in [2.75, 3.05) is 19.5 Å². The molecule has 0 aliphatic heterocycles. The molecule has 1 heteroatoms. The summed E-state index contributed by atoms with van der Waals surface area (Å²) < 4.78 is 0. The molecule has 0 aliphatic carbocycles. The van der Waals surface area contributed by atoms with E-state index in [1.165, 1.54) is 12.6 Å². The Morgan fingerprint density at radius 3 is 1.54 bits per heavy atom. The molecule has 0 spiro atoms. The van der Waals surface area contributed by atoms with Crippen molar-refractivity contribution in [3.63, 3.8) is 0 Å². The van der Waals surface area contributed by atoms with Gasteiger partial charge in [0.2, 0.25) is 0 Å². The summed E-state index contributed by atoms with van der Waals surface area (Å²) in [4.78, 5) is 0. The summed E-state index contributed by atoms with van der Waals surface area (Å²) in [6.45, 7) is 19.3. The summed E-state index contributed by atoms with van der Waals surface area (Å²) in [5.41, 5.74) is 0.490. The van der Waals surface area contributed by atoms with Crippen LogP contribution in [0.3, 0.4) is 0 Å². The lowest BCUT2D eigenvalue weighted by atomic mass is 10.0. The van der Waals surface area contributed by atoms with Crippen molar-refractivity contribution >= 4 is 7.26 Å². The van der Waals surface area contributed by atoms with E-state index in [2.05, 4.69) is 54.9 Å². The Morgan fingerprint density at radius 2 is 1.31 bits per heavy atom. The second kappa shape index (κ2) is 3.89. The fraction of sp³-hybridized carbons (Fsp3) is 1.00. The third kappa shape index (κ3) is 3.98. The van der Waals surface area contributed by atoms with Gasteiger partial charge in [-0.1, -0.05) is 27.7 Å². The first-order valence-electron chi connectivity index (χ1n) is 5.35. The highest BCUT2D eigenvalue weighted by atomic mass is 31.2. The molecule has 0 rings (SSSR count). The van der Waals surface area contributed by atoms with Crippen LogP contribution in [0.25, 0.3) is 0 Å². The summed E-state index contributed by atoms with van der Waals surface area (Å²) in [7, 11) is -0.767. The maximum Gasteiger partial charge on any atom is 0.0735 e. The third-order valence-corrected chi connectivity index (χ3v) is 8.71. The van der Waals surface area contributed by atoms with Crippen LogP contribution in [0, 0.1) is 5.41 Å². The molecule has 0 bridgehead atoms. The van der Waals surface area contributed by atoms with Crippen LogP contribution in [0.1, 0.15) is 48.0 Å². The summed E-state index contributed by atoms with van der Waals surface area (Å²) in [5, 5.41) is 0.556. The van der Waals surface area contributed by atoms with Crippen molar-refractivity contribution in [1.82, 2.24) is 0 Å². The average Bonchev–Trinajstić information content (AvgIpc) is 1.81. The number of hydrogen-bond donors (Lipinski definition) is 0. The van der Waals surface area contributed by atoms with Crippen LogP contribution >= 0.6 is 7.26 Å². The van der Waals surface area contributed by atoms with Gasteiger partial charge in [-0.05, 0) is 25.7 Å². The van der Waals surface area contributed by atoms with E-state index in [1.54, 1.807) is 0 Å². The molecule has 0 aliphatic rings. The Morgan fingerprint density at radius 1 is 0.923 bits per heavy atom. The smallest absolute Gasteiger partial charge is 0.0614 e. The van der Waals surface area contributed by atoms with Gasteiger partial charge in [0.05, 0.1) is 11.3 Å². The lowest BCUT2D eigenvalue weighted by Crippen LogP contribution is -2.29. The van der Waals surface area contributed by atoms with Gasteiger partial charge in [0.1, 0.15) is 0 Å². The molecule has 0 radical (unpaired) electrons.